The van der Waals surface area contributed by atoms with E-state index in [-0.39, 0.29) is 24.9 Å². The van der Waals surface area contributed by atoms with Gasteiger partial charge in [-0.25, -0.2) is 0 Å². The summed E-state index contributed by atoms with van der Waals surface area (Å²) >= 11 is 0. The quantitative estimate of drug-likeness (QED) is 0.550. The fourth-order valence-electron chi connectivity index (χ4n) is 1.24. The van der Waals surface area contributed by atoms with Gasteiger partial charge in [0.2, 0.25) is 0 Å². The van der Waals surface area contributed by atoms with Crippen LogP contribution in [-0.2, 0) is 0 Å². The Morgan fingerprint density at radius 3 is 2.58 bits per heavy atom. The minimum atomic E-state index is -0.396. The van der Waals surface area contributed by atoms with Gasteiger partial charge in [0.15, 0.2) is 0 Å². The van der Waals surface area contributed by atoms with Gasteiger partial charge < -0.3 is 15.3 Å². The van der Waals surface area contributed by atoms with Crippen molar-refractivity contribution in [1.29, 1.82) is 0 Å². The zero-order chi connectivity index (χ0) is 9.14. The maximum atomic E-state index is 9.43. The molecule has 0 saturated heterocycles. The number of rotatable bonds is 2. The van der Waals surface area contributed by atoms with Crippen LogP contribution in [0.3, 0.4) is 0 Å². The van der Waals surface area contributed by atoms with Gasteiger partial charge in [0, 0.05) is 12.1 Å². The molecule has 0 aromatic carbocycles. The molecule has 1 aliphatic rings. The summed E-state index contributed by atoms with van der Waals surface area (Å²) in [6, 6.07) is 0. The first-order chi connectivity index (χ1) is 5.70. The minimum Gasteiger partial charge on any atom is -0.510 e. The average Bonchev–Trinajstić information content (AvgIpc) is 2.09. The third kappa shape index (κ3) is 1.49. The van der Waals surface area contributed by atoms with Crippen molar-refractivity contribution in [1.82, 2.24) is 0 Å². The molecule has 2 unspecified atom stereocenters. The second-order valence-corrected chi connectivity index (χ2v) is 2.88. The maximum Gasteiger partial charge on any atom is 0.119 e. The Morgan fingerprint density at radius 1 is 1.42 bits per heavy atom. The number of aliphatic hydroxyl groups is 3. The first-order valence-electron chi connectivity index (χ1n) is 3.86. The van der Waals surface area contributed by atoms with Crippen molar-refractivity contribution < 1.29 is 15.3 Å². The van der Waals surface area contributed by atoms with Crippen LogP contribution in [0.25, 0.3) is 0 Å². The molecule has 0 aromatic heterocycles. The lowest BCUT2D eigenvalue weighted by Crippen LogP contribution is -2.28. The van der Waals surface area contributed by atoms with Gasteiger partial charge in [0.1, 0.15) is 5.76 Å². The van der Waals surface area contributed by atoms with E-state index in [0.29, 0.717) is 5.70 Å². The van der Waals surface area contributed by atoms with E-state index in [4.69, 9.17) is 10.2 Å². The molecule has 1 heterocycles. The second kappa shape index (κ2) is 3.69. The first kappa shape index (κ1) is 9.22. The minimum absolute atomic E-state index is 0.0825. The standard InChI is InChI=1S/C8H13NO3/c1-5-8(12)7(4-11)6(3-10)2-9-5/h2,6-7,10-12H,3-4H2,1H3. The van der Waals surface area contributed by atoms with Crippen LogP contribution in [-0.4, -0.2) is 34.7 Å². The fourth-order valence-corrected chi connectivity index (χ4v) is 1.24. The molecule has 0 saturated carbocycles. The van der Waals surface area contributed by atoms with Crippen molar-refractivity contribution >= 4 is 6.21 Å². The molecule has 12 heavy (non-hydrogen) atoms. The van der Waals surface area contributed by atoms with E-state index in [1.54, 1.807) is 13.1 Å². The molecule has 0 aromatic rings. The predicted octanol–water partition coefficient (Wildman–Crippen LogP) is 0.0773. The lowest BCUT2D eigenvalue weighted by atomic mass is 9.90. The highest BCUT2D eigenvalue weighted by Crippen LogP contribution is 2.24. The molecule has 4 heteroatoms. The molecule has 0 bridgehead atoms. The lowest BCUT2D eigenvalue weighted by Gasteiger charge is -2.23. The Morgan fingerprint density at radius 2 is 2.08 bits per heavy atom. The van der Waals surface area contributed by atoms with Crippen LogP contribution in [0, 0.1) is 11.8 Å². The largest absolute Gasteiger partial charge is 0.510 e. The average molecular weight is 171 g/mol. The Labute approximate surface area is 70.9 Å². The van der Waals surface area contributed by atoms with Gasteiger partial charge in [0.05, 0.1) is 24.8 Å². The Bertz CT molecular complexity index is 222. The summed E-state index contributed by atoms with van der Waals surface area (Å²) in [6.07, 6.45) is 1.57. The van der Waals surface area contributed by atoms with Crippen LogP contribution >= 0.6 is 0 Å². The monoisotopic (exact) mass is 171 g/mol. The Balaban J connectivity index is 2.85. The SMILES string of the molecule is CC1=C(O)C(CO)C(CO)C=N1. The number of aliphatic imine (C=N–C) groups is 1. The Kier molecular flexibility index (Phi) is 2.83. The van der Waals surface area contributed by atoms with Crippen LogP contribution in [0.1, 0.15) is 6.92 Å². The second-order valence-electron chi connectivity index (χ2n) is 2.88. The Hall–Kier alpha value is -0.870. The molecular weight excluding hydrogens is 158 g/mol. The number of nitrogens with zero attached hydrogens (tertiary/aromatic N) is 1. The van der Waals surface area contributed by atoms with Crippen molar-refractivity contribution in [2.24, 2.45) is 16.8 Å². The van der Waals surface area contributed by atoms with Gasteiger partial charge in [0.25, 0.3) is 0 Å². The van der Waals surface area contributed by atoms with Gasteiger partial charge in [-0.2, -0.15) is 0 Å². The van der Waals surface area contributed by atoms with Gasteiger partial charge in [-0.05, 0) is 6.92 Å². The van der Waals surface area contributed by atoms with E-state index < -0.39 is 5.92 Å². The summed E-state index contributed by atoms with van der Waals surface area (Å²) < 4.78 is 0. The van der Waals surface area contributed by atoms with Crippen LogP contribution in [0.4, 0.5) is 0 Å². The van der Waals surface area contributed by atoms with Crippen LogP contribution in [0.15, 0.2) is 16.4 Å². The summed E-state index contributed by atoms with van der Waals surface area (Å²) in [5, 5.41) is 27.2. The number of allylic oxidation sites excluding steroid dienone is 1. The van der Waals surface area contributed by atoms with Crippen molar-refractivity contribution in [3.63, 3.8) is 0 Å². The van der Waals surface area contributed by atoms with Crippen molar-refractivity contribution in [2.75, 3.05) is 13.2 Å². The lowest BCUT2D eigenvalue weighted by molar-refractivity contribution is 0.140. The van der Waals surface area contributed by atoms with Crippen LogP contribution < -0.4 is 0 Å². The van der Waals surface area contributed by atoms with E-state index in [2.05, 4.69) is 4.99 Å². The highest BCUT2D eigenvalue weighted by molar-refractivity contribution is 5.65. The summed E-state index contributed by atoms with van der Waals surface area (Å²) in [5.74, 6) is -0.578. The first-order valence-corrected chi connectivity index (χ1v) is 3.86. The zero-order valence-electron chi connectivity index (χ0n) is 6.94. The van der Waals surface area contributed by atoms with Crippen molar-refractivity contribution in [3.05, 3.63) is 11.5 Å². The fraction of sp³-hybridized carbons (Fsp3) is 0.625. The molecule has 0 aliphatic carbocycles. The summed E-state index contributed by atoms with van der Waals surface area (Å²) in [4.78, 5) is 3.89. The molecule has 0 fully saturated rings. The van der Waals surface area contributed by atoms with E-state index in [1.165, 1.54) is 0 Å². The van der Waals surface area contributed by atoms with E-state index in [9.17, 15) is 5.11 Å². The molecule has 68 valence electrons. The van der Waals surface area contributed by atoms with Crippen molar-refractivity contribution in [3.8, 4) is 0 Å². The van der Waals surface area contributed by atoms with Gasteiger partial charge in [-0.1, -0.05) is 0 Å². The zero-order valence-corrected chi connectivity index (χ0v) is 6.94. The number of hydrogen-bond donors (Lipinski definition) is 3. The molecule has 0 spiro atoms. The smallest absolute Gasteiger partial charge is 0.119 e. The molecule has 1 aliphatic heterocycles. The van der Waals surface area contributed by atoms with Gasteiger partial charge >= 0.3 is 0 Å². The third-order valence-corrected chi connectivity index (χ3v) is 2.11. The molecule has 4 nitrogen and oxygen atoms in total. The predicted molar refractivity (Wildman–Crippen MR) is 45.0 cm³/mol. The molecule has 0 amide bonds. The molecular formula is C8H13NO3. The summed E-state index contributed by atoms with van der Waals surface area (Å²) in [6.45, 7) is 1.40. The van der Waals surface area contributed by atoms with E-state index in [1.807, 2.05) is 0 Å². The van der Waals surface area contributed by atoms with E-state index in [0.717, 1.165) is 0 Å². The third-order valence-electron chi connectivity index (χ3n) is 2.11. The molecule has 2 atom stereocenters. The highest BCUT2D eigenvalue weighted by atomic mass is 16.3. The maximum absolute atomic E-state index is 9.43. The normalized spacial score (nSPS) is 29.6. The van der Waals surface area contributed by atoms with E-state index >= 15 is 0 Å². The topological polar surface area (TPSA) is 73.0 Å². The molecule has 0 radical (unpaired) electrons. The highest BCUT2D eigenvalue weighted by Gasteiger charge is 2.26. The number of aliphatic hydroxyl groups excluding tert-OH is 3. The van der Waals surface area contributed by atoms with Crippen molar-refractivity contribution in [2.45, 2.75) is 6.92 Å². The molecule has 3 N–H and O–H groups in total. The van der Waals surface area contributed by atoms with Crippen LogP contribution in [0.5, 0.6) is 0 Å². The summed E-state index contributed by atoms with van der Waals surface area (Å²) in [7, 11) is 0. The number of hydrogen-bond acceptors (Lipinski definition) is 4. The van der Waals surface area contributed by atoms with Gasteiger partial charge in [-0.3, -0.25) is 4.99 Å². The van der Waals surface area contributed by atoms with Crippen LogP contribution in [0.2, 0.25) is 0 Å². The summed E-state index contributed by atoms with van der Waals surface area (Å²) in [5.41, 5.74) is 0.513. The molecule has 1 rings (SSSR count). The van der Waals surface area contributed by atoms with Gasteiger partial charge in [-0.15, -0.1) is 0 Å².